The predicted octanol–water partition coefficient (Wildman–Crippen LogP) is 13.5. The number of nitrogens with one attached hydrogen (secondary N) is 7. The van der Waals surface area contributed by atoms with Gasteiger partial charge >= 0.3 is 0 Å². The molecule has 0 saturated carbocycles. The van der Waals surface area contributed by atoms with Crippen LogP contribution in [-0.4, -0.2) is 137 Å². The molecule has 0 aromatic rings. The van der Waals surface area contributed by atoms with Crippen molar-refractivity contribution in [2.45, 2.75) is 320 Å². The van der Waals surface area contributed by atoms with E-state index in [0.29, 0.717) is 116 Å². The predicted molar refractivity (Wildman–Crippen MR) is 385 cm³/mol. The van der Waals surface area contributed by atoms with Gasteiger partial charge in [0.05, 0.1) is 39.6 Å². The standard InChI is InChI=1S/C76H141N7O12/c1-72(2,3)47-29-25-38-64(85)39-28-33-52-78-68(89)44-57-93-60-76(61-94-58-45-69(90)81-55-34-53-79-65(86)40-26-30-48-73(4,5)6,62-95-59-46-70(91)82-56-35-54-80-66(87)41-27-31-49-74(7,8)9)83-71(92)42-24-20-16-14-13-15-18-22-36-63(84)37-23-19-17-21-32-51-77-67(88)43-50-75(10,11)12/h43,50H,13-42,44-49,51-62H2,1-12H3,(H,77,88)(H,78,89)(H,79,86)(H,80,87)(H,81,90)(H,82,91)(H,83,92)/b50-43+. The molecular formula is C76H141N7O12. The molecule has 0 aromatic heterocycles. The maximum absolute atomic E-state index is 13.9. The second kappa shape index (κ2) is 55.2. The van der Waals surface area contributed by atoms with Crippen LogP contribution in [0.3, 0.4) is 0 Å². The van der Waals surface area contributed by atoms with Gasteiger partial charge in [0.15, 0.2) is 0 Å². The third-order valence-electron chi connectivity index (χ3n) is 16.2. The van der Waals surface area contributed by atoms with E-state index in [0.717, 1.165) is 135 Å². The number of carbonyl (C=O) groups excluding carboxylic acids is 9. The van der Waals surface area contributed by atoms with Crippen molar-refractivity contribution in [1.29, 1.82) is 0 Å². The van der Waals surface area contributed by atoms with Crippen molar-refractivity contribution in [1.82, 2.24) is 37.2 Å². The first-order valence-electron chi connectivity index (χ1n) is 37.3. The minimum Gasteiger partial charge on any atom is -0.378 e. The van der Waals surface area contributed by atoms with Gasteiger partial charge in [0.1, 0.15) is 17.1 Å². The molecule has 95 heavy (non-hydrogen) atoms. The third-order valence-corrected chi connectivity index (χ3v) is 16.2. The number of ether oxygens (including phenoxy) is 3. The fourth-order valence-electron chi connectivity index (χ4n) is 10.4. The van der Waals surface area contributed by atoms with Crippen LogP contribution in [0.25, 0.3) is 0 Å². The highest BCUT2D eigenvalue weighted by molar-refractivity contribution is 5.87. The topological polar surface area (TPSA) is 266 Å². The van der Waals surface area contributed by atoms with Gasteiger partial charge in [0, 0.05) is 103 Å². The molecule has 552 valence electrons. The van der Waals surface area contributed by atoms with E-state index in [1.54, 1.807) is 6.08 Å². The van der Waals surface area contributed by atoms with E-state index >= 15 is 0 Å². The smallest absolute Gasteiger partial charge is 0.243 e. The molecule has 7 N–H and O–H groups in total. The summed E-state index contributed by atoms with van der Waals surface area (Å²) in [6, 6.07) is 0. The molecule has 0 saturated heterocycles. The van der Waals surface area contributed by atoms with Gasteiger partial charge in [-0.1, -0.05) is 166 Å². The SMILES string of the molecule is CC(C)(C)/C=C/C(=O)NCCCCCCCC(=O)CCCCCCCCCCC(=O)NC(COCCC(=O)NCCCCC(=O)CCCCC(C)(C)C)(COCCC(=O)NCCCNC(=O)CCCCC(C)(C)C)COCCC(=O)NCCCNC(=O)CCCCC(C)(C)C. The molecular weight excluding hydrogens is 1200 g/mol. The van der Waals surface area contributed by atoms with E-state index in [2.05, 4.69) is 120 Å². The molecule has 0 fully saturated rings. The quantitative estimate of drug-likeness (QED) is 0.0221. The molecule has 0 aliphatic heterocycles. The summed E-state index contributed by atoms with van der Waals surface area (Å²) in [5.74, 6) is -0.337. The maximum atomic E-state index is 13.9. The highest BCUT2D eigenvalue weighted by Gasteiger charge is 2.34. The average Bonchev–Trinajstić information content (AvgIpc) is 1.17. The molecule has 0 bridgehead atoms. The summed E-state index contributed by atoms with van der Waals surface area (Å²) in [5, 5.41) is 20.7. The lowest BCUT2D eigenvalue weighted by Crippen LogP contribution is -2.58. The van der Waals surface area contributed by atoms with Gasteiger partial charge in [0.2, 0.25) is 41.4 Å². The molecule has 0 radical (unpaired) electrons. The number of hydrogen-bond acceptors (Lipinski definition) is 12. The van der Waals surface area contributed by atoms with Crippen molar-refractivity contribution in [3.8, 4) is 0 Å². The first-order chi connectivity index (χ1) is 44.9. The fourth-order valence-corrected chi connectivity index (χ4v) is 10.4. The Kier molecular flexibility index (Phi) is 52.4. The van der Waals surface area contributed by atoms with Gasteiger partial charge in [-0.15, -0.1) is 0 Å². The van der Waals surface area contributed by atoms with Crippen LogP contribution in [0.1, 0.15) is 314 Å². The van der Waals surface area contributed by atoms with E-state index < -0.39 is 5.54 Å². The van der Waals surface area contributed by atoms with Crippen LogP contribution in [0.15, 0.2) is 12.2 Å². The van der Waals surface area contributed by atoms with Crippen LogP contribution in [-0.2, 0) is 57.4 Å². The Bertz CT molecular complexity index is 1970. The summed E-state index contributed by atoms with van der Waals surface area (Å²) in [4.78, 5) is 114. The first kappa shape index (κ1) is 90.2. The van der Waals surface area contributed by atoms with Crippen molar-refractivity contribution in [3.05, 3.63) is 12.2 Å². The monoisotopic (exact) mass is 1340 g/mol. The third kappa shape index (κ3) is 65.0. The summed E-state index contributed by atoms with van der Waals surface area (Å²) in [7, 11) is 0. The zero-order valence-corrected chi connectivity index (χ0v) is 62.5. The highest BCUT2D eigenvalue weighted by atomic mass is 16.5. The summed E-state index contributed by atoms with van der Waals surface area (Å²) in [6.45, 7) is 28.6. The zero-order valence-electron chi connectivity index (χ0n) is 62.5. The number of carbonyl (C=O) groups is 9. The van der Waals surface area contributed by atoms with Gasteiger partial charge in [-0.05, 0) is 118 Å². The molecule has 19 nitrogen and oxygen atoms in total. The van der Waals surface area contributed by atoms with Crippen LogP contribution in [0.2, 0.25) is 0 Å². The number of allylic oxidation sites excluding steroid dienone is 1. The van der Waals surface area contributed by atoms with Gasteiger partial charge < -0.3 is 51.4 Å². The van der Waals surface area contributed by atoms with Crippen LogP contribution in [0, 0.1) is 21.7 Å². The number of Topliss-reactive ketones (excluding diaryl/α,β-unsaturated/α-hetero) is 2. The molecule has 0 aromatic carbocycles. The number of hydrogen-bond donors (Lipinski definition) is 7. The van der Waals surface area contributed by atoms with Crippen molar-refractivity contribution in [2.75, 3.05) is 78.9 Å². The molecule has 0 aliphatic rings. The molecule has 0 heterocycles. The summed E-state index contributed by atoms with van der Waals surface area (Å²) >= 11 is 0. The van der Waals surface area contributed by atoms with E-state index in [4.69, 9.17) is 14.2 Å². The lowest BCUT2D eigenvalue weighted by atomic mass is 9.89. The van der Waals surface area contributed by atoms with Gasteiger partial charge in [-0.2, -0.15) is 0 Å². The Labute approximate surface area is 577 Å². The van der Waals surface area contributed by atoms with E-state index in [9.17, 15) is 43.2 Å². The second-order valence-corrected chi connectivity index (χ2v) is 31.4. The number of rotatable bonds is 61. The van der Waals surface area contributed by atoms with Crippen LogP contribution < -0.4 is 37.2 Å². The van der Waals surface area contributed by atoms with Crippen molar-refractivity contribution in [2.24, 2.45) is 21.7 Å². The van der Waals surface area contributed by atoms with Crippen LogP contribution >= 0.6 is 0 Å². The molecule has 7 amide bonds. The Morgan fingerprint density at radius 1 is 0.284 bits per heavy atom. The summed E-state index contributed by atoms with van der Waals surface area (Å²) < 4.78 is 18.5. The number of ketones is 2. The fraction of sp³-hybridized carbons (Fsp3) is 0.855. The van der Waals surface area contributed by atoms with E-state index in [1.807, 2.05) is 6.08 Å². The van der Waals surface area contributed by atoms with Crippen molar-refractivity contribution < 1.29 is 57.4 Å². The molecule has 0 atom stereocenters. The maximum Gasteiger partial charge on any atom is 0.243 e. The van der Waals surface area contributed by atoms with Crippen molar-refractivity contribution in [3.63, 3.8) is 0 Å². The Morgan fingerprint density at radius 3 is 0.905 bits per heavy atom. The lowest BCUT2D eigenvalue weighted by molar-refractivity contribution is -0.130. The molecule has 0 aliphatic carbocycles. The minimum absolute atomic E-state index is 0.00804. The first-order valence-corrected chi connectivity index (χ1v) is 37.3. The van der Waals surface area contributed by atoms with Gasteiger partial charge in [-0.25, -0.2) is 0 Å². The number of unbranched alkanes of at least 4 members (excludes halogenated alkanes) is 15. The van der Waals surface area contributed by atoms with Crippen LogP contribution in [0.4, 0.5) is 0 Å². The minimum atomic E-state index is -1.25. The highest BCUT2D eigenvalue weighted by Crippen LogP contribution is 2.25. The Morgan fingerprint density at radius 2 is 0.547 bits per heavy atom. The largest absolute Gasteiger partial charge is 0.378 e. The van der Waals surface area contributed by atoms with Crippen molar-refractivity contribution >= 4 is 52.9 Å². The molecule has 0 spiro atoms. The second-order valence-electron chi connectivity index (χ2n) is 31.4. The Hall–Kier alpha value is -4.75. The lowest BCUT2D eigenvalue weighted by Gasteiger charge is -2.34. The van der Waals surface area contributed by atoms with E-state index in [-0.39, 0.29) is 134 Å². The molecule has 19 heteroatoms. The summed E-state index contributed by atoms with van der Waals surface area (Å²) in [5.41, 5.74) is -0.536. The normalized spacial score (nSPS) is 12.2. The molecule has 0 rings (SSSR count). The number of amides is 7. The molecule has 0 unspecified atom stereocenters. The summed E-state index contributed by atoms with van der Waals surface area (Å²) in [6.07, 6.45) is 31.0. The van der Waals surface area contributed by atoms with Crippen LogP contribution in [0.5, 0.6) is 0 Å². The zero-order chi connectivity index (χ0) is 71.1. The van der Waals surface area contributed by atoms with Gasteiger partial charge in [0.25, 0.3) is 0 Å². The van der Waals surface area contributed by atoms with Gasteiger partial charge in [-0.3, -0.25) is 43.2 Å². The Balaban J connectivity index is 5.55. The average molecular weight is 1350 g/mol. The van der Waals surface area contributed by atoms with E-state index in [1.165, 1.54) is 0 Å².